The second-order valence-electron chi connectivity index (χ2n) is 13.7. The summed E-state index contributed by atoms with van der Waals surface area (Å²) in [6, 6.07) is -5.13. The van der Waals surface area contributed by atoms with Gasteiger partial charge in [0.25, 0.3) is 5.91 Å². The molecular weight excluding hydrogens is 689 g/mol. The predicted molar refractivity (Wildman–Crippen MR) is 178 cm³/mol. The molecule has 3 N–H and O–H groups in total. The highest BCUT2D eigenvalue weighted by Crippen LogP contribution is 2.24. The van der Waals surface area contributed by atoms with E-state index in [9.17, 15) is 46.7 Å². The van der Waals surface area contributed by atoms with E-state index >= 15 is 0 Å². The molecule has 17 heteroatoms. The van der Waals surface area contributed by atoms with Crippen LogP contribution in [0.5, 0.6) is 0 Å². The highest BCUT2D eigenvalue weighted by Gasteiger charge is 2.43. The topological polar surface area (TPSA) is 175 Å². The lowest BCUT2D eigenvalue weighted by atomic mass is 10.0. The number of nitrogens with zero attached hydrogens (tertiary/aromatic N) is 3. The molecule has 6 amide bonds. The Morgan fingerprint density at radius 1 is 0.942 bits per heavy atom. The predicted octanol–water partition coefficient (Wildman–Crippen LogP) is 0.877. The summed E-state index contributed by atoms with van der Waals surface area (Å²) in [5, 5.41) is 7.24. The molecule has 0 bridgehead atoms. The Morgan fingerprint density at radius 2 is 1.54 bits per heavy atom. The zero-order valence-electron chi connectivity index (χ0n) is 29.7. The van der Waals surface area contributed by atoms with Crippen LogP contribution in [0, 0.1) is 17.6 Å². The van der Waals surface area contributed by atoms with Crippen LogP contribution >= 0.6 is 0 Å². The van der Waals surface area contributed by atoms with Gasteiger partial charge in [0.1, 0.15) is 54.5 Å². The second kappa shape index (κ2) is 17.0. The minimum Gasteiger partial charge on any atom is -0.461 e. The van der Waals surface area contributed by atoms with Crippen molar-refractivity contribution >= 4 is 41.4 Å². The molecule has 0 unspecified atom stereocenters. The highest BCUT2D eigenvalue weighted by molar-refractivity contribution is 5.98. The van der Waals surface area contributed by atoms with Crippen molar-refractivity contribution in [3.05, 3.63) is 47.3 Å². The molecular formula is C35H45F3N6O8. The number of benzene rings is 1. The van der Waals surface area contributed by atoms with Gasteiger partial charge in [0, 0.05) is 32.6 Å². The van der Waals surface area contributed by atoms with E-state index in [-0.39, 0.29) is 37.4 Å². The third-order valence-corrected chi connectivity index (χ3v) is 9.35. The number of hydrogen-bond acceptors (Lipinski definition) is 8. The van der Waals surface area contributed by atoms with Gasteiger partial charge in [-0.05, 0) is 69.2 Å². The van der Waals surface area contributed by atoms with Crippen molar-refractivity contribution in [2.45, 2.75) is 96.1 Å². The maximum Gasteiger partial charge on any atom is 0.328 e. The number of cyclic esters (lactones) is 1. The molecule has 284 valence electrons. The van der Waals surface area contributed by atoms with E-state index in [4.69, 9.17) is 4.74 Å². The van der Waals surface area contributed by atoms with E-state index in [0.29, 0.717) is 18.9 Å². The molecule has 0 spiro atoms. The fourth-order valence-electron chi connectivity index (χ4n) is 6.49. The number of ether oxygens (including phenoxy) is 1. The summed E-state index contributed by atoms with van der Waals surface area (Å²) in [7, 11) is 1.39. The first-order valence-corrected chi connectivity index (χ1v) is 17.3. The van der Waals surface area contributed by atoms with Crippen molar-refractivity contribution in [1.29, 1.82) is 0 Å². The zero-order valence-corrected chi connectivity index (χ0v) is 29.7. The highest BCUT2D eigenvalue weighted by atomic mass is 19.1. The van der Waals surface area contributed by atoms with Crippen LogP contribution in [0.3, 0.4) is 0 Å². The van der Waals surface area contributed by atoms with Crippen molar-refractivity contribution in [3.8, 4) is 0 Å². The molecule has 0 aromatic heterocycles. The zero-order chi connectivity index (χ0) is 38.4. The van der Waals surface area contributed by atoms with Crippen molar-refractivity contribution in [2.24, 2.45) is 5.92 Å². The summed E-state index contributed by atoms with van der Waals surface area (Å²) in [6.07, 6.45) is 1.73. The number of carbonyl (C=O) groups excluding carboxylic acids is 7. The maximum absolute atomic E-state index is 14.7. The number of esters is 1. The van der Waals surface area contributed by atoms with Crippen molar-refractivity contribution in [1.82, 2.24) is 30.7 Å². The fourth-order valence-corrected chi connectivity index (χ4v) is 6.49. The van der Waals surface area contributed by atoms with Crippen LogP contribution in [-0.2, 0) is 44.7 Å². The Kier molecular flexibility index (Phi) is 13.0. The molecule has 1 aromatic rings. The molecule has 4 rings (SSSR count). The van der Waals surface area contributed by atoms with Crippen LogP contribution in [0.15, 0.2) is 30.1 Å². The Bertz CT molecular complexity index is 1600. The molecule has 3 aliphatic rings. The molecule has 3 aliphatic heterocycles. The smallest absolute Gasteiger partial charge is 0.328 e. The van der Waals surface area contributed by atoms with Crippen LogP contribution in [0.1, 0.15) is 58.9 Å². The van der Waals surface area contributed by atoms with Gasteiger partial charge in [-0.1, -0.05) is 13.8 Å². The van der Waals surface area contributed by atoms with Gasteiger partial charge >= 0.3 is 5.97 Å². The van der Waals surface area contributed by atoms with E-state index in [1.54, 1.807) is 13.8 Å². The maximum atomic E-state index is 14.7. The van der Waals surface area contributed by atoms with Gasteiger partial charge in [0.2, 0.25) is 29.5 Å². The quantitative estimate of drug-likeness (QED) is 0.274. The first-order chi connectivity index (χ1) is 24.5. The minimum absolute atomic E-state index is 0.0693. The summed E-state index contributed by atoms with van der Waals surface area (Å²) in [5.74, 6) is -9.43. The average molecular weight is 735 g/mol. The summed E-state index contributed by atoms with van der Waals surface area (Å²) < 4.78 is 48.4. The fraction of sp³-hybridized carbons (Fsp3) is 0.571. The Morgan fingerprint density at radius 3 is 2.15 bits per heavy atom. The number of fused-ring (bicyclic) bond motifs is 2. The number of carbonyl (C=O) groups is 7. The van der Waals surface area contributed by atoms with Gasteiger partial charge < -0.3 is 35.4 Å². The Hall–Kier alpha value is -4.96. The first-order valence-electron chi connectivity index (χ1n) is 17.3. The molecule has 3 fully saturated rings. The van der Waals surface area contributed by atoms with Crippen LogP contribution in [0.2, 0.25) is 0 Å². The monoisotopic (exact) mass is 734 g/mol. The van der Waals surface area contributed by atoms with Crippen LogP contribution in [0.25, 0.3) is 0 Å². The summed E-state index contributed by atoms with van der Waals surface area (Å²) in [5.41, 5.74) is -0.0754. The van der Waals surface area contributed by atoms with Gasteiger partial charge in [-0.2, -0.15) is 0 Å². The van der Waals surface area contributed by atoms with Gasteiger partial charge in [0.05, 0.1) is 0 Å². The summed E-state index contributed by atoms with van der Waals surface area (Å²) in [4.78, 5) is 97.9. The lowest BCUT2D eigenvalue weighted by Gasteiger charge is -2.34. The third kappa shape index (κ3) is 9.47. The van der Waals surface area contributed by atoms with Crippen LogP contribution in [0.4, 0.5) is 13.2 Å². The van der Waals surface area contributed by atoms with Crippen molar-refractivity contribution in [3.63, 3.8) is 0 Å². The average Bonchev–Trinajstić information content (AvgIpc) is 3.77. The van der Waals surface area contributed by atoms with E-state index < -0.39 is 108 Å². The van der Waals surface area contributed by atoms with Crippen molar-refractivity contribution < 1.29 is 51.5 Å². The molecule has 52 heavy (non-hydrogen) atoms. The minimum atomic E-state index is -1.69. The van der Waals surface area contributed by atoms with Crippen molar-refractivity contribution in [2.75, 3.05) is 26.7 Å². The number of halogens is 3. The van der Waals surface area contributed by atoms with E-state index in [1.165, 1.54) is 30.7 Å². The molecule has 6 atom stereocenters. The molecule has 0 aliphatic carbocycles. The molecule has 14 nitrogen and oxygen atoms in total. The van der Waals surface area contributed by atoms with Gasteiger partial charge in [-0.25, -0.2) is 18.0 Å². The lowest BCUT2D eigenvalue weighted by molar-refractivity contribution is -0.158. The number of allylic oxidation sites excluding steroid dienone is 1. The molecule has 0 saturated carbocycles. The second-order valence-corrected chi connectivity index (χ2v) is 13.7. The normalized spacial score (nSPS) is 25.8. The number of amides is 6. The molecule has 3 heterocycles. The largest absolute Gasteiger partial charge is 0.461 e. The Balaban J connectivity index is 1.69. The van der Waals surface area contributed by atoms with E-state index in [2.05, 4.69) is 16.0 Å². The number of rotatable bonds is 7. The number of likely N-dealkylation sites (N-methyl/N-ethyl adjacent to an activating group) is 1. The molecule has 3 saturated heterocycles. The SMILES string of the molecule is CC(C)/C=C(\F)C(=O)N[C@@H](Cc1cc(F)cc(F)c1)C(=O)N[C@H]1COC(=O)[C@@H]2CCCN2C(=O)[C@H](C)NC(=O)[C@H](C)N(C)C(=O)[C@@H]2CCCN2C1=O. The third-order valence-electron chi connectivity index (χ3n) is 9.35. The van der Waals surface area contributed by atoms with Gasteiger partial charge in [-0.3, -0.25) is 28.8 Å². The summed E-state index contributed by atoms with van der Waals surface area (Å²) in [6.45, 7) is 5.65. The lowest BCUT2D eigenvalue weighted by Crippen LogP contribution is -2.60. The van der Waals surface area contributed by atoms with E-state index in [1.807, 2.05) is 0 Å². The van der Waals surface area contributed by atoms with Gasteiger partial charge in [0.15, 0.2) is 5.83 Å². The molecule has 0 radical (unpaired) electrons. The first kappa shape index (κ1) is 39.8. The number of hydrogen-bond donors (Lipinski definition) is 3. The van der Waals surface area contributed by atoms with Crippen LogP contribution in [-0.4, -0.2) is 119 Å². The van der Waals surface area contributed by atoms with Crippen LogP contribution < -0.4 is 16.0 Å². The van der Waals surface area contributed by atoms with Gasteiger partial charge in [-0.15, -0.1) is 0 Å². The summed E-state index contributed by atoms with van der Waals surface area (Å²) >= 11 is 0. The Labute approximate surface area is 299 Å². The standard InChI is InChI=1S/C35H45F3N6O8/c1-18(2)12-24(38)30(46)40-25(15-21-13-22(36)16-23(37)14-21)31(47)41-26-17-52-35(51)28-9-7-11-44(28)32(48)19(3)39-29(45)20(4)42(5)34(50)27-8-6-10-43(27)33(26)49/h12-14,16,18-20,25-28H,6-11,15,17H2,1-5H3,(H,39,45)(H,40,46)(H,41,47)/b24-12-/t19-,20-,25-,26-,27-,28-/m0/s1. The number of nitrogens with one attached hydrogen (secondary N) is 3. The molecule has 1 aromatic carbocycles. The van der Waals surface area contributed by atoms with E-state index in [0.717, 1.165) is 23.1 Å².